The fourth-order valence-electron chi connectivity index (χ4n) is 2.93. The van der Waals surface area contributed by atoms with Gasteiger partial charge in [0.25, 0.3) is 0 Å². The van der Waals surface area contributed by atoms with Gasteiger partial charge in [0.1, 0.15) is 0 Å². The number of nitrogens with zero attached hydrogens (tertiary/aromatic N) is 1. The van der Waals surface area contributed by atoms with Crippen LogP contribution in [0.1, 0.15) is 43.2 Å². The molecule has 0 bridgehead atoms. The Balaban J connectivity index is 2.09. The lowest BCUT2D eigenvalue weighted by molar-refractivity contribution is 0.129. The largest absolute Gasteiger partial charge is 0.315 e. The Kier molecular flexibility index (Phi) is 4.60. The maximum Gasteiger partial charge on any atom is 0.0419 e. The maximum absolute atomic E-state index is 3.53. The molecule has 3 heteroatoms. The summed E-state index contributed by atoms with van der Waals surface area (Å²) in [5.74, 6) is 0. The Morgan fingerprint density at radius 3 is 2.94 bits per heavy atom. The average molecular weight is 252 g/mol. The average Bonchev–Trinajstić information content (AvgIpc) is 2.77. The first-order valence-electron chi connectivity index (χ1n) is 6.74. The molecule has 1 aliphatic rings. The second-order valence-corrected chi connectivity index (χ2v) is 5.92. The summed E-state index contributed by atoms with van der Waals surface area (Å²) in [7, 11) is 0. The van der Waals surface area contributed by atoms with Crippen LogP contribution in [0, 0.1) is 6.92 Å². The summed E-state index contributed by atoms with van der Waals surface area (Å²) in [5, 5.41) is 5.74. The van der Waals surface area contributed by atoms with E-state index in [1.165, 1.54) is 29.8 Å². The van der Waals surface area contributed by atoms with E-state index < -0.39 is 0 Å². The van der Waals surface area contributed by atoms with Gasteiger partial charge >= 0.3 is 0 Å². The number of hydrogen-bond acceptors (Lipinski definition) is 3. The van der Waals surface area contributed by atoms with Crippen LogP contribution in [0.25, 0.3) is 0 Å². The van der Waals surface area contributed by atoms with Crippen molar-refractivity contribution in [1.29, 1.82) is 0 Å². The number of aryl methyl sites for hydroxylation is 1. The van der Waals surface area contributed by atoms with Gasteiger partial charge in [-0.1, -0.05) is 6.92 Å². The summed E-state index contributed by atoms with van der Waals surface area (Å²) >= 11 is 1.90. The summed E-state index contributed by atoms with van der Waals surface area (Å²) in [6, 6.07) is 3.51. The standard InChI is InChI=1S/C14H24N2S/c1-4-16(13-6-5-8-15-10-13)12(3)14-11(2)7-9-17-14/h7,9,12-13,15H,4-6,8,10H2,1-3H3. The van der Waals surface area contributed by atoms with E-state index in [-0.39, 0.29) is 0 Å². The molecule has 0 aliphatic carbocycles. The Morgan fingerprint density at radius 2 is 2.41 bits per heavy atom. The van der Waals surface area contributed by atoms with E-state index in [1.54, 1.807) is 0 Å². The fraction of sp³-hybridized carbons (Fsp3) is 0.714. The SMILES string of the molecule is CCN(C1CCCNC1)C(C)c1sccc1C. The van der Waals surface area contributed by atoms with Crippen LogP contribution in [0.5, 0.6) is 0 Å². The van der Waals surface area contributed by atoms with Crippen molar-refractivity contribution in [3.63, 3.8) is 0 Å². The van der Waals surface area contributed by atoms with E-state index in [0.29, 0.717) is 12.1 Å². The lowest BCUT2D eigenvalue weighted by Gasteiger charge is -2.38. The van der Waals surface area contributed by atoms with Crippen LogP contribution in [-0.4, -0.2) is 30.6 Å². The summed E-state index contributed by atoms with van der Waals surface area (Å²) < 4.78 is 0. The van der Waals surface area contributed by atoms with Crippen molar-refractivity contribution in [2.75, 3.05) is 19.6 Å². The summed E-state index contributed by atoms with van der Waals surface area (Å²) in [6.45, 7) is 10.4. The molecular formula is C14H24N2S. The van der Waals surface area contributed by atoms with Crippen molar-refractivity contribution in [2.24, 2.45) is 0 Å². The van der Waals surface area contributed by atoms with Gasteiger partial charge in [0.15, 0.2) is 0 Å². The van der Waals surface area contributed by atoms with Gasteiger partial charge in [-0.3, -0.25) is 4.90 Å². The third-order valence-corrected chi connectivity index (χ3v) is 5.07. The molecule has 17 heavy (non-hydrogen) atoms. The molecule has 0 spiro atoms. The number of nitrogens with one attached hydrogen (secondary N) is 1. The van der Waals surface area contributed by atoms with E-state index in [1.807, 2.05) is 11.3 Å². The van der Waals surface area contributed by atoms with Gasteiger partial charge in [-0.05, 0) is 56.8 Å². The highest BCUT2D eigenvalue weighted by atomic mass is 32.1. The zero-order valence-electron chi connectivity index (χ0n) is 11.2. The van der Waals surface area contributed by atoms with Gasteiger partial charge in [0.05, 0.1) is 0 Å². The molecule has 0 amide bonds. The van der Waals surface area contributed by atoms with Crippen molar-refractivity contribution < 1.29 is 0 Å². The number of rotatable bonds is 4. The highest BCUT2D eigenvalue weighted by molar-refractivity contribution is 7.10. The van der Waals surface area contributed by atoms with Gasteiger partial charge < -0.3 is 5.32 Å². The molecule has 1 saturated heterocycles. The Hall–Kier alpha value is -0.380. The van der Waals surface area contributed by atoms with Crippen LogP contribution in [0.4, 0.5) is 0 Å². The Labute approximate surface area is 109 Å². The third-order valence-electron chi connectivity index (χ3n) is 3.88. The van der Waals surface area contributed by atoms with Crippen molar-refractivity contribution in [2.45, 2.75) is 45.7 Å². The molecule has 2 rings (SSSR count). The smallest absolute Gasteiger partial charge is 0.0419 e. The molecule has 96 valence electrons. The lowest BCUT2D eigenvalue weighted by Crippen LogP contribution is -2.46. The second-order valence-electron chi connectivity index (χ2n) is 4.97. The molecule has 2 nitrogen and oxygen atoms in total. The van der Waals surface area contributed by atoms with Crippen LogP contribution in [0.3, 0.4) is 0 Å². The first-order chi connectivity index (χ1) is 8.24. The van der Waals surface area contributed by atoms with Crippen LogP contribution < -0.4 is 5.32 Å². The van der Waals surface area contributed by atoms with Crippen molar-refractivity contribution in [3.05, 3.63) is 21.9 Å². The molecule has 2 heterocycles. The van der Waals surface area contributed by atoms with Crippen LogP contribution in [-0.2, 0) is 0 Å². The van der Waals surface area contributed by atoms with Gasteiger partial charge in [-0.2, -0.15) is 0 Å². The van der Waals surface area contributed by atoms with E-state index >= 15 is 0 Å². The summed E-state index contributed by atoms with van der Waals surface area (Å²) in [5.41, 5.74) is 1.45. The summed E-state index contributed by atoms with van der Waals surface area (Å²) in [4.78, 5) is 4.20. The van der Waals surface area contributed by atoms with E-state index in [0.717, 1.165) is 13.1 Å². The van der Waals surface area contributed by atoms with E-state index in [9.17, 15) is 0 Å². The topological polar surface area (TPSA) is 15.3 Å². The molecule has 1 N–H and O–H groups in total. The number of piperidine rings is 1. The number of thiophene rings is 1. The van der Waals surface area contributed by atoms with Crippen molar-refractivity contribution >= 4 is 11.3 Å². The van der Waals surface area contributed by atoms with Gasteiger partial charge in [-0.25, -0.2) is 0 Å². The molecule has 0 aromatic carbocycles. The minimum absolute atomic E-state index is 0.560. The minimum atomic E-state index is 0.560. The quantitative estimate of drug-likeness (QED) is 0.885. The number of likely N-dealkylation sites (N-methyl/N-ethyl adjacent to an activating group) is 1. The summed E-state index contributed by atoms with van der Waals surface area (Å²) in [6.07, 6.45) is 2.66. The molecule has 1 aromatic rings. The maximum atomic E-state index is 3.53. The normalized spacial score (nSPS) is 22.9. The first kappa shape index (κ1) is 13.1. The fourth-order valence-corrected chi connectivity index (χ4v) is 3.93. The van der Waals surface area contributed by atoms with E-state index in [2.05, 4.69) is 42.4 Å². The monoisotopic (exact) mass is 252 g/mol. The van der Waals surface area contributed by atoms with Gasteiger partial charge in [0, 0.05) is 23.5 Å². The predicted molar refractivity (Wildman–Crippen MR) is 75.7 cm³/mol. The molecule has 1 aromatic heterocycles. The lowest BCUT2D eigenvalue weighted by atomic mass is 10.0. The van der Waals surface area contributed by atoms with Gasteiger partial charge in [0.2, 0.25) is 0 Å². The molecular weight excluding hydrogens is 228 g/mol. The van der Waals surface area contributed by atoms with Gasteiger partial charge in [-0.15, -0.1) is 11.3 Å². The second kappa shape index (κ2) is 5.98. The zero-order valence-corrected chi connectivity index (χ0v) is 12.0. The molecule has 1 fully saturated rings. The van der Waals surface area contributed by atoms with Crippen LogP contribution in [0.15, 0.2) is 11.4 Å². The molecule has 1 aliphatic heterocycles. The zero-order chi connectivity index (χ0) is 12.3. The van der Waals surface area contributed by atoms with Crippen molar-refractivity contribution in [3.8, 4) is 0 Å². The van der Waals surface area contributed by atoms with E-state index in [4.69, 9.17) is 0 Å². The van der Waals surface area contributed by atoms with Crippen molar-refractivity contribution in [1.82, 2.24) is 10.2 Å². The Morgan fingerprint density at radius 1 is 1.59 bits per heavy atom. The molecule has 2 atom stereocenters. The predicted octanol–water partition coefficient (Wildman–Crippen LogP) is 3.19. The first-order valence-corrected chi connectivity index (χ1v) is 7.62. The number of hydrogen-bond donors (Lipinski definition) is 1. The molecule has 0 radical (unpaired) electrons. The molecule has 2 unspecified atom stereocenters. The minimum Gasteiger partial charge on any atom is -0.315 e. The Bertz CT molecular complexity index is 342. The third kappa shape index (κ3) is 2.90. The highest BCUT2D eigenvalue weighted by Gasteiger charge is 2.25. The molecule has 0 saturated carbocycles. The van der Waals surface area contributed by atoms with Crippen LogP contribution >= 0.6 is 11.3 Å². The highest BCUT2D eigenvalue weighted by Crippen LogP contribution is 2.30. The van der Waals surface area contributed by atoms with Crippen LogP contribution in [0.2, 0.25) is 0 Å².